The van der Waals surface area contributed by atoms with Crippen LogP contribution in [0.1, 0.15) is 23.1 Å². The molecule has 1 aromatic carbocycles. The summed E-state index contributed by atoms with van der Waals surface area (Å²) in [5, 5.41) is 11.2. The predicted octanol–water partition coefficient (Wildman–Crippen LogP) is 0.696. The highest BCUT2D eigenvalue weighted by Gasteiger charge is 2.47. The molecule has 0 spiro atoms. The van der Waals surface area contributed by atoms with Gasteiger partial charge in [0.25, 0.3) is 11.7 Å². The van der Waals surface area contributed by atoms with Crippen LogP contribution in [0.3, 0.4) is 0 Å². The first-order chi connectivity index (χ1) is 16.0. The molecule has 9 heteroatoms. The molecule has 2 N–H and O–H groups in total. The van der Waals surface area contributed by atoms with Gasteiger partial charge in [-0.05, 0) is 37.3 Å². The maximum Gasteiger partial charge on any atom is 0.295 e. The lowest BCUT2D eigenvalue weighted by atomic mass is 9.99. The van der Waals surface area contributed by atoms with E-state index in [0.717, 1.165) is 13.1 Å². The van der Waals surface area contributed by atoms with Gasteiger partial charge in [0.2, 0.25) is 0 Å². The Balaban J connectivity index is 1.51. The molecule has 5 rings (SSSR count). The molecule has 1 aromatic heterocycles. The van der Waals surface area contributed by atoms with Gasteiger partial charge in [0.15, 0.2) is 11.5 Å². The summed E-state index contributed by atoms with van der Waals surface area (Å²) < 4.78 is 22.4. The van der Waals surface area contributed by atoms with Gasteiger partial charge >= 0.3 is 0 Å². The van der Waals surface area contributed by atoms with E-state index in [-0.39, 0.29) is 11.3 Å². The van der Waals surface area contributed by atoms with Crippen molar-refractivity contribution in [3.63, 3.8) is 0 Å². The quantitative estimate of drug-likeness (QED) is 0.389. The molecular formula is C24H27N2O7+. The SMILES string of the molecule is Cc1ccc([C@@H]2C(=C(O)c3ccc4c(c3)OCCO4)C(=O)C(=O)N2CC[NH+]2CCOCC2)o1. The summed E-state index contributed by atoms with van der Waals surface area (Å²) in [5.74, 6) is 0.548. The van der Waals surface area contributed by atoms with Gasteiger partial charge in [0, 0.05) is 5.56 Å². The van der Waals surface area contributed by atoms with Crippen molar-refractivity contribution in [3.05, 3.63) is 53.0 Å². The lowest BCUT2D eigenvalue weighted by molar-refractivity contribution is -0.907. The van der Waals surface area contributed by atoms with Gasteiger partial charge in [-0.15, -0.1) is 0 Å². The lowest BCUT2D eigenvalue weighted by Gasteiger charge is -2.28. The minimum Gasteiger partial charge on any atom is -0.507 e. The molecule has 2 saturated heterocycles. The Morgan fingerprint density at radius 1 is 1.06 bits per heavy atom. The molecule has 2 aromatic rings. The second kappa shape index (κ2) is 8.92. The number of morpholine rings is 1. The number of aryl methyl sites for hydroxylation is 1. The molecule has 3 aliphatic rings. The van der Waals surface area contributed by atoms with Crippen LogP contribution in [0.5, 0.6) is 11.5 Å². The van der Waals surface area contributed by atoms with Gasteiger partial charge in [-0.3, -0.25) is 9.59 Å². The van der Waals surface area contributed by atoms with E-state index in [1.54, 1.807) is 37.3 Å². The maximum atomic E-state index is 13.1. The van der Waals surface area contributed by atoms with Crippen molar-refractivity contribution in [2.24, 2.45) is 0 Å². The molecule has 0 bridgehead atoms. The number of carbonyl (C=O) groups is 2. The zero-order valence-electron chi connectivity index (χ0n) is 18.5. The highest BCUT2D eigenvalue weighted by Crippen LogP contribution is 2.41. The molecule has 0 aliphatic carbocycles. The fraction of sp³-hybridized carbons (Fsp3) is 0.417. The predicted molar refractivity (Wildman–Crippen MR) is 116 cm³/mol. The normalized spacial score (nSPS) is 22.7. The number of nitrogens with one attached hydrogen (secondary N) is 1. The van der Waals surface area contributed by atoms with Gasteiger partial charge in [-0.2, -0.15) is 0 Å². The van der Waals surface area contributed by atoms with E-state index in [2.05, 4.69) is 0 Å². The number of ether oxygens (including phenoxy) is 3. The van der Waals surface area contributed by atoms with Crippen molar-refractivity contribution in [2.45, 2.75) is 13.0 Å². The molecule has 174 valence electrons. The molecule has 0 saturated carbocycles. The Kier molecular flexibility index (Phi) is 5.82. The third kappa shape index (κ3) is 4.09. The number of nitrogens with zero attached hydrogens (tertiary/aromatic N) is 1. The average Bonchev–Trinajstić information content (AvgIpc) is 3.38. The summed E-state index contributed by atoms with van der Waals surface area (Å²) in [5.41, 5.74) is 0.396. The van der Waals surface area contributed by atoms with E-state index in [0.29, 0.717) is 68.1 Å². The Bertz CT molecular complexity index is 1100. The van der Waals surface area contributed by atoms with E-state index in [4.69, 9.17) is 18.6 Å². The van der Waals surface area contributed by atoms with Gasteiger partial charge in [-0.1, -0.05) is 0 Å². The molecule has 4 heterocycles. The first-order valence-corrected chi connectivity index (χ1v) is 11.2. The number of carbonyl (C=O) groups excluding carboxylic acids is 2. The van der Waals surface area contributed by atoms with Crippen LogP contribution in [0.25, 0.3) is 5.76 Å². The second-order valence-electron chi connectivity index (χ2n) is 8.41. The Labute approximate surface area is 191 Å². The minimum atomic E-state index is -0.799. The van der Waals surface area contributed by atoms with E-state index in [1.807, 2.05) is 0 Å². The van der Waals surface area contributed by atoms with Crippen LogP contribution < -0.4 is 14.4 Å². The van der Waals surface area contributed by atoms with E-state index in [9.17, 15) is 14.7 Å². The third-order valence-electron chi connectivity index (χ3n) is 6.29. The number of benzene rings is 1. The number of fused-ring (bicyclic) bond motifs is 1. The minimum absolute atomic E-state index is 0.0167. The molecule has 3 aliphatic heterocycles. The number of rotatable bonds is 5. The topological polar surface area (TPSA) is 103 Å². The fourth-order valence-corrected chi connectivity index (χ4v) is 4.54. The first kappa shape index (κ1) is 21.5. The fourth-order valence-electron chi connectivity index (χ4n) is 4.54. The summed E-state index contributed by atoms with van der Waals surface area (Å²) in [6.45, 7) is 6.76. The van der Waals surface area contributed by atoms with E-state index in [1.165, 1.54) is 9.80 Å². The smallest absolute Gasteiger partial charge is 0.295 e. The van der Waals surface area contributed by atoms with Gasteiger partial charge in [0.1, 0.15) is 49.6 Å². The number of aliphatic hydroxyl groups is 1. The van der Waals surface area contributed by atoms with Crippen LogP contribution >= 0.6 is 0 Å². The average molecular weight is 455 g/mol. The van der Waals surface area contributed by atoms with Gasteiger partial charge in [0.05, 0.1) is 31.9 Å². The first-order valence-electron chi connectivity index (χ1n) is 11.2. The van der Waals surface area contributed by atoms with Crippen LogP contribution in [0, 0.1) is 6.92 Å². The highest BCUT2D eigenvalue weighted by atomic mass is 16.6. The van der Waals surface area contributed by atoms with E-state index < -0.39 is 17.7 Å². The molecule has 0 unspecified atom stereocenters. The number of amides is 1. The summed E-state index contributed by atoms with van der Waals surface area (Å²) >= 11 is 0. The molecular weight excluding hydrogens is 428 g/mol. The zero-order valence-corrected chi connectivity index (χ0v) is 18.5. The van der Waals surface area contributed by atoms with Crippen molar-refractivity contribution in [3.8, 4) is 11.5 Å². The number of hydrogen-bond acceptors (Lipinski definition) is 7. The van der Waals surface area contributed by atoms with E-state index >= 15 is 0 Å². The third-order valence-corrected chi connectivity index (χ3v) is 6.29. The molecule has 1 atom stereocenters. The maximum absolute atomic E-state index is 13.1. The van der Waals surface area contributed by atoms with Crippen molar-refractivity contribution in [1.29, 1.82) is 0 Å². The summed E-state index contributed by atoms with van der Waals surface area (Å²) in [4.78, 5) is 29.0. The molecule has 0 radical (unpaired) electrons. The molecule has 9 nitrogen and oxygen atoms in total. The van der Waals surface area contributed by atoms with Crippen LogP contribution in [0.15, 0.2) is 40.3 Å². The standard InChI is InChI=1S/C24H26N2O7/c1-15-2-4-18(33-15)21-20(22(27)16-3-5-17-19(14-16)32-13-12-31-17)23(28)24(29)26(21)7-6-25-8-10-30-11-9-25/h2-5,14,21,27H,6-13H2,1H3/p+1/t21-/m1/s1. The molecule has 1 amide bonds. The highest BCUT2D eigenvalue weighted by molar-refractivity contribution is 6.46. The summed E-state index contributed by atoms with van der Waals surface area (Å²) in [6, 6.07) is 7.70. The van der Waals surface area contributed by atoms with Gasteiger partial charge < -0.3 is 33.5 Å². The molecule has 33 heavy (non-hydrogen) atoms. The number of likely N-dealkylation sites (tertiary alicyclic amines) is 1. The van der Waals surface area contributed by atoms with Crippen molar-refractivity contribution >= 4 is 17.4 Å². The lowest BCUT2D eigenvalue weighted by Crippen LogP contribution is -3.14. The summed E-state index contributed by atoms with van der Waals surface area (Å²) in [6.07, 6.45) is 0. The van der Waals surface area contributed by atoms with Crippen molar-refractivity contribution in [2.75, 3.05) is 52.6 Å². The largest absolute Gasteiger partial charge is 0.507 e. The molecule has 2 fully saturated rings. The van der Waals surface area contributed by atoms with Crippen LogP contribution in [0.2, 0.25) is 0 Å². The Morgan fingerprint density at radius 2 is 1.82 bits per heavy atom. The van der Waals surface area contributed by atoms with Gasteiger partial charge in [-0.25, -0.2) is 0 Å². The number of aliphatic hydroxyl groups excluding tert-OH is 1. The monoisotopic (exact) mass is 455 g/mol. The van der Waals surface area contributed by atoms with Crippen LogP contribution in [-0.2, 0) is 14.3 Å². The second-order valence-corrected chi connectivity index (χ2v) is 8.41. The zero-order chi connectivity index (χ0) is 22.9. The number of ketones is 1. The van der Waals surface area contributed by atoms with Crippen LogP contribution in [-0.4, -0.2) is 74.3 Å². The Morgan fingerprint density at radius 3 is 2.55 bits per heavy atom. The Hall–Kier alpha value is -3.30. The number of Topliss-reactive ketones (excluding diaryl/α,β-unsaturated/α-hetero) is 1. The van der Waals surface area contributed by atoms with Crippen molar-refractivity contribution in [1.82, 2.24) is 4.90 Å². The number of furan rings is 1. The van der Waals surface area contributed by atoms with Crippen molar-refractivity contribution < 1.29 is 38.2 Å². The number of quaternary nitrogens is 1. The van der Waals surface area contributed by atoms with Crippen LogP contribution in [0.4, 0.5) is 0 Å². The number of hydrogen-bond donors (Lipinski definition) is 2. The summed E-state index contributed by atoms with van der Waals surface area (Å²) in [7, 11) is 0.